The molecule has 0 radical (unpaired) electrons. The highest BCUT2D eigenvalue weighted by molar-refractivity contribution is 5.79. The van der Waals surface area contributed by atoms with E-state index in [0.717, 1.165) is 26.2 Å². The Balaban J connectivity index is 2.05. The van der Waals surface area contributed by atoms with Crippen LogP contribution in [0, 0.1) is 0 Å². The van der Waals surface area contributed by atoms with Crippen LogP contribution in [-0.4, -0.2) is 31.8 Å². The molecule has 1 aliphatic rings. The molecular weight excluding hydrogens is 180 g/mol. The van der Waals surface area contributed by atoms with Crippen LogP contribution in [0.25, 0.3) is 0 Å². The average Bonchev–Trinajstić information content (AvgIpc) is 2.99. The monoisotopic (exact) mass is 200 g/mol. The molecule has 4 N–H and O–H groups in total. The van der Waals surface area contributed by atoms with Gasteiger partial charge < -0.3 is 10.1 Å². The smallest absolute Gasteiger partial charge is 0.205 e. The number of nitrogens with two attached hydrogens (primary N) is 1. The number of nitrogens with one attached hydrogen (secondary N) is 2. The summed E-state index contributed by atoms with van der Waals surface area (Å²) >= 11 is 0. The topological polar surface area (TPSA) is 71.7 Å². The largest absolute Gasteiger partial charge is 0.382 e. The van der Waals surface area contributed by atoms with Crippen LogP contribution in [0.3, 0.4) is 0 Å². The van der Waals surface area contributed by atoms with Gasteiger partial charge in [-0.2, -0.15) is 0 Å². The van der Waals surface area contributed by atoms with Gasteiger partial charge in [0.25, 0.3) is 0 Å². The van der Waals surface area contributed by atoms with E-state index in [1.807, 2.05) is 6.92 Å². The average molecular weight is 200 g/mol. The number of nitrogens with zero attached hydrogens (tertiary/aromatic N) is 1. The van der Waals surface area contributed by atoms with Gasteiger partial charge in [0, 0.05) is 25.8 Å². The molecular formula is C9H20N4O. The van der Waals surface area contributed by atoms with Gasteiger partial charge in [0.1, 0.15) is 0 Å². The highest BCUT2D eigenvalue weighted by atomic mass is 16.5. The first-order chi connectivity index (χ1) is 6.86. The molecule has 0 saturated heterocycles. The number of hydrazine groups is 1. The van der Waals surface area contributed by atoms with Gasteiger partial charge in [0.2, 0.25) is 5.96 Å². The molecule has 0 aromatic carbocycles. The molecule has 1 saturated carbocycles. The van der Waals surface area contributed by atoms with Crippen molar-refractivity contribution in [3.8, 4) is 0 Å². The van der Waals surface area contributed by atoms with Crippen LogP contribution in [-0.2, 0) is 4.74 Å². The Bertz CT molecular complexity index is 180. The summed E-state index contributed by atoms with van der Waals surface area (Å²) in [5, 5.41) is 3.20. The summed E-state index contributed by atoms with van der Waals surface area (Å²) in [5.41, 5.74) is 2.56. The first kappa shape index (κ1) is 11.3. The van der Waals surface area contributed by atoms with Crippen LogP contribution in [0.5, 0.6) is 0 Å². The molecule has 0 heterocycles. The van der Waals surface area contributed by atoms with Crippen molar-refractivity contribution in [2.24, 2.45) is 10.8 Å². The number of ether oxygens (including phenoxy) is 1. The quantitative estimate of drug-likeness (QED) is 0.185. The minimum Gasteiger partial charge on any atom is -0.382 e. The van der Waals surface area contributed by atoms with E-state index in [-0.39, 0.29) is 0 Å². The van der Waals surface area contributed by atoms with E-state index in [2.05, 4.69) is 15.7 Å². The zero-order valence-corrected chi connectivity index (χ0v) is 8.75. The van der Waals surface area contributed by atoms with E-state index < -0.39 is 0 Å². The molecule has 1 aliphatic carbocycles. The van der Waals surface area contributed by atoms with E-state index in [0.29, 0.717) is 12.0 Å². The van der Waals surface area contributed by atoms with E-state index >= 15 is 0 Å². The summed E-state index contributed by atoms with van der Waals surface area (Å²) in [4.78, 5) is 4.28. The van der Waals surface area contributed by atoms with Crippen LogP contribution in [0.2, 0.25) is 0 Å². The van der Waals surface area contributed by atoms with E-state index in [1.165, 1.54) is 12.8 Å². The SMILES string of the molecule is CCOCCCN=C(NN)NC1CC1. The second kappa shape index (κ2) is 6.62. The molecule has 0 bridgehead atoms. The van der Waals surface area contributed by atoms with Gasteiger partial charge in [-0.05, 0) is 26.2 Å². The lowest BCUT2D eigenvalue weighted by Gasteiger charge is -2.07. The molecule has 14 heavy (non-hydrogen) atoms. The normalized spacial score (nSPS) is 16.9. The highest BCUT2D eigenvalue weighted by Crippen LogP contribution is 2.18. The van der Waals surface area contributed by atoms with Crippen molar-refractivity contribution >= 4 is 5.96 Å². The van der Waals surface area contributed by atoms with Crippen molar-refractivity contribution in [2.45, 2.75) is 32.2 Å². The molecule has 0 atom stereocenters. The van der Waals surface area contributed by atoms with E-state index in [4.69, 9.17) is 10.6 Å². The lowest BCUT2D eigenvalue weighted by Crippen LogP contribution is -2.42. The number of aliphatic imine (C=N–C) groups is 1. The van der Waals surface area contributed by atoms with Gasteiger partial charge >= 0.3 is 0 Å². The first-order valence-electron chi connectivity index (χ1n) is 5.22. The summed E-state index contributed by atoms with van der Waals surface area (Å²) in [5.74, 6) is 6.01. The molecule has 5 heteroatoms. The Morgan fingerprint density at radius 1 is 1.57 bits per heavy atom. The molecule has 0 amide bonds. The Labute approximate surface area is 85.1 Å². The fourth-order valence-electron chi connectivity index (χ4n) is 1.06. The van der Waals surface area contributed by atoms with Crippen molar-refractivity contribution in [1.29, 1.82) is 0 Å². The minimum absolute atomic E-state index is 0.580. The van der Waals surface area contributed by atoms with Crippen molar-refractivity contribution in [3.05, 3.63) is 0 Å². The van der Waals surface area contributed by atoms with Crippen LogP contribution in [0.1, 0.15) is 26.2 Å². The predicted molar refractivity (Wildman–Crippen MR) is 56.9 cm³/mol. The lowest BCUT2D eigenvalue weighted by atomic mass is 10.4. The third-order valence-corrected chi connectivity index (χ3v) is 1.98. The van der Waals surface area contributed by atoms with Crippen LogP contribution in [0.4, 0.5) is 0 Å². The maximum atomic E-state index is 5.32. The summed E-state index contributed by atoms with van der Waals surface area (Å²) in [6, 6.07) is 0.580. The van der Waals surface area contributed by atoms with Crippen LogP contribution in [0.15, 0.2) is 4.99 Å². The van der Waals surface area contributed by atoms with Gasteiger partial charge in [0.15, 0.2) is 0 Å². The molecule has 0 aliphatic heterocycles. The fourth-order valence-corrected chi connectivity index (χ4v) is 1.06. The Kier molecular flexibility index (Phi) is 5.32. The maximum Gasteiger partial charge on any atom is 0.205 e. The van der Waals surface area contributed by atoms with Crippen LogP contribution < -0.4 is 16.6 Å². The summed E-state index contributed by atoms with van der Waals surface area (Å²) in [6.07, 6.45) is 3.38. The van der Waals surface area contributed by atoms with E-state index in [9.17, 15) is 0 Å². The molecule has 5 nitrogen and oxygen atoms in total. The van der Waals surface area contributed by atoms with Crippen molar-refractivity contribution in [3.63, 3.8) is 0 Å². The molecule has 0 unspecified atom stereocenters. The fraction of sp³-hybridized carbons (Fsp3) is 0.889. The number of guanidine groups is 1. The van der Waals surface area contributed by atoms with Gasteiger partial charge in [-0.15, -0.1) is 0 Å². The molecule has 0 aromatic heterocycles. The van der Waals surface area contributed by atoms with Crippen molar-refractivity contribution in [2.75, 3.05) is 19.8 Å². The Morgan fingerprint density at radius 3 is 2.93 bits per heavy atom. The minimum atomic E-state index is 0.580. The van der Waals surface area contributed by atoms with Gasteiger partial charge in [0.05, 0.1) is 0 Å². The number of rotatable bonds is 6. The zero-order chi connectivity index (χ0) is 10.2. The van der Waals surface area contributed by atoms with Gasteiger partial charge in [-0.25, -0.2) is 5.84 Å². The summed E-state index contributed by atoms with van der Waals surface area (Å²) in [6.45, 7) is 4.28. The third kappa shape index (κ3) is 5.04. The number of hydrogen-bond donors (Lipinski definition) is 3. The zero-order valence-electron chi connectivity index (χ0n) is 8.75. The molecule has 1 fully saturated rings. The second-order valence-electron chi connectivity index (χ2n) is 3.34. The Hall–Kier alpha value is -0.810. The van der Waals surface area contributed by atoms with Gasteiger partial charge in [-0.3, -0.25) is 10.4 Å². The standard InChI is InChI=1S/C9H20N4O/c1-2-14-7-3-6-11-9(13-10)12-8-4-5-8/h8H,2-7,10H2,1H3,(H2,11,12,13). The van der Waals surface area contributed by atoms with Crippen LogP contribution >= 0.6 is 0 Å². The molecule has 82 valence electrons. The maximum absolute atomic E-state index is 5.32. The summed E-state index contributed by atoms with van der Waals surface area (Å²) in [7, 11) is 0. The molecule has 0 spiro atoms. The molecule has 1 rings (SSSR count). The lowest BCUT2D eigenvalue weighted by molar-refractivity contribution is 0.146. The molecule has 0 aromatic rings. The van der Waals surface area contributed by atoms with Gasteiger partial charge in [-0.1, -0.05) is 0 Å². The highest BCUT2D eigenvalue weighted by Gasteiger charge is 2.21. The summed E-state index contributed by atoms with van der Waals surface area (Å²) < 4.78 is 5.20. The van der Waals surface area contributed by atoms with Crippen molar-refractivity contribution in [1.82, 2.24) is 10.7 Å². The first-order valence-corrected chi connectivity index (χ1v) is 5.22. The number of hydrogen-bond acceptors (Lipinski definition) is 3. The Morgan fingerprint density at radius 2 is 2.36 bits per heavy atom. The van der Waals surface area contributed by atoms with Crippen molar-refractivity contribution < 1.29 is 4.74 Å². The third-order valence-electron chi connectivity index (χ3n) is 1.98. The predicted octanol–water partition coefficient (Wildman–Crippen LogP) is -0.0157. The van der Waals surface area contributed by atoms with E-state index in [1.54, 1.807) is 0 Å². The second-order valence-corrected chi connectivity index (χ2v) is 3.34.